The van der Waals surface area contributed by atoms with Gasteiger partial charge in [-0.1, -0.05) is 19.1 Å². The molecular formula is C19H24N2O3. The molecule has 0 aliphatic rings. The molecule has 2 amide bonds. The molecule has 5 heteroatoms. The lowest BCUT2D eigenvalue weighted by Gasteiger charge is -2.10. The monoisotopic (exact) mass is 328 g/mol. The van der Waals surface area contributed by atoms with Crippen LogP contribution in [0.25, 0.3) is 0 Å². The molecule has 2 rings (SSSR count). The molecule has 2 N–H and O–H groups in total. The van der Waals surface area contributed by atoms with Crippen molar-refractivity contribution >= 4 is 11.7 Å². The second-order valence-electron chi connectivity index (χ2n) is 5.18. The maximum absolute atomic E-state index is 11.8. The maximum atomic E-state index is 11.8. The van der Waals surface area contributed by atoms with Gasteiger partial charge in [-0.15, -0.1) is 0 Å². The van der Waals surface area contributed by atoms with Gasteiger partial charge in [0, 0.05) is 5.69 Å². The summed E-state index contributed by atoms with van der Waals surface area (Å²) >= 11 is 0. The van der Waals surface area contributed by atoms with E-state index in [1.165, 1.54) is 5.56 Å². The van der Waals surface area contributed by atoms with E-state index in [0.717, 1.165) is 23.6 Å². The smallest absolute Gasteiger partial charge is 0.319 e. The normalized spacial score (nSPS) is 10.1. The number of hydrogen-bond donors (Lipinski definition) is 2. The summed E-state index contributed by atoms with van der Waals surface area (Å²) in [5.41, 5.74) is 2.02. The van der Waals surface area contributed by atoms with E-state index in [2.05, 4.69) is 17.6 Å². The molecule has 0 atom stereocenters. The van der Waals surface area contributed by atoms with Crippen LogP contribution in [0.5, 0.6) is 11.5 Å². The lowest BCUT2D eigenvalue weighted by molar-refractivity contribution is 0.247. The summed E-state index contributed by atoms with van der Waals surface area (Å²) in [5, 5.41) is 5.55. The van der Waals surface area contributed by atoms with Gasteiger partial charge in [0.05, 0.1) is 13.2 Å². The second kappa shape index (κ2) is 9.45. The van der Waals surface area contributed by atoms with Gasteiger partial charge in [0.2, 0.25) is 0 Å². The highest BCUT2D eigenvalue weighted by Gasteiger charge is 2.01. The van der Waals surface area contributed by atoms with E-state index in [1.807, 2.05) is 55.5 Å². The van der Waals surface area contributed by atoms with E-state index in [1.54, 1.807) is 0 Å². The van der Waals surface area contributed by atoms with Gasteiger partial charge < -0.3 is 20.1 Å². The maximum Gasteiger partial charge on any atom is 0.319 e. The lowest BCUT2D eigenvalue weighted by atomic mass is 10.1. The van der Waals surface area contributed by atoms with E-state index < -0.39 is 0 Å². The molecule has 0 saturated heterocycles. The molecule has 0 spiro atoms. The summed E-state index contributed by atoms with van der Waals surface area (Å²) in [5.74, 6) is 1.56. The number of urea groups is 1. The number of carbonyl (C=O) groups is 1. The van der Waals surface area contributed by atoms with Gasteiger partial charge in [-0.25, -0.2) is 4.79 Å². The van der Waals surface area contributed by atoms with Crippen molar-refractivity contribution in [2.24, 2.45) is 0 Å². The third-order valence-corrected chi connectivity index (χ3v) is 3.41. The zero-order valence-electron chi connectivity index (χ0n) is 14.2. The Balaban J connectivity index is 1.66. The third kappa shape index (κ3) is 5.83. The van der Waals surface area contributed by atoms with Crippen LogP contribution in [0.2, 0.25) is 0 Å². The SMILES string of the molecule is CCOc1ccc(OCCNC(=O)Nc2ccc(CC)cc2)cc1. The Labute approximate surface area is 143 Å². The fraction of sp³-hybridized carbons (Fsp3) is 0.316. The Hall–Kier alpha value is -2.69. The van der Waals surface area contributed by atoms with Gasteiger partial charge in [-0.3, -0.25) is 0 Å². The van der Waals surface area contributed by atoms with Crippen LogP contribution >= 0.6 is 0 Å². The van der Waals surface area contributed by atoms with Gasteiger partial charge in [0.15, 0.2) is 0 Å². The number of carbonyl (C=O) groups excluding carboxylic acids is 1. The van der Waals surface area contributed by atoms with Crippen molar-refractivity contribution in [2.45, 2.75) is 20.3 Å². The molecular weight excluding hydrogens is 304 g/mol. The van der Waals surface area contributed by atoms with Crippen LogP contribution in [0.3, 0.4) is 0 Å². The zero-order chi connectivity index (χ0) is 17.2. The van der Waals surface area contributed by atoms with E-state index in [-0.39, 0.29) is 6.03 Å². The van der Waals surface area contributed by atoms with Crippen LogP contribution in [0.4, 0.5) is 10.5 Å². The summed E-state index contributed by atoms with van der Waals surface area (Å²) in [7, 11) is 0. The number of hydrogen-bond acceptors (Lipinski definition) is 3. The van der Waals surface area contributed by atoms with Crippen molar-refractivity contribution in [3.05, 3.63) is 54.1 Å². The average Bonchev–Trinajstić information content (AvgIpc) is 2.61. The molecule has 0 bridgehead atoms. The molecule has 0 heterocycles. The minimum absolute atomic E-state index is 0.241. The molecule has 0 aliphatic heterocycles. The van der Waals surface area contributed by atoms with Gasteiger partial charge in [0.1, 0.15) is 18.1 Å². The highest BCUT2D eigenvalue weighted by Crippen LogP contribution is 2.17. The molecule has 24 heavy (non-hydrogen) atoms. The molecule has 0 unspecified atom stereocenters. The van der Waals surface area contributed by atoms with Gasteiger partial charge in [0.25, 0.3) is 0 Å². The fourth-order valence-corrected chi connectivity index (χ4v) is 2.13. The van der Waals surface area contributed by atoms with Crippen molar-refractivity contribution in [3.8, 4) is 11.5 Å². The van der Waals surface area contributed by atoms with E-state index in [0.29, 0.717) is 19.8 Å². The Kier molecular flexibility index (Phi) is 6.95. The lowest BCUT2D eigenvalue weighted by Crippen LogP contribution is -2.32. The zero-order valence-corrected chi connectivity index (χ0v) is 14.2. The van der Waals surface area contributed by atoms with Crippen LogP contribution < -0.4 is 20.1 Å². The van der Waals surface area contributed by atoms with Gasteiger partial charge >= 0.3 is 6.03 Å². The number of benzene rings is 2. The van der Waals surface area contributed by atoms with Crippen molar-refractivity contribution in [2.75, 3.05) is 25.1 Å². The summed E-state index contributed by atoms with van der Waals surface area (Å²) < 4.78 is 10.9. The van der Waals surface area contributed by atoms with E-state index in [9.17, 15) is 4.79 Å². The molecule has 2 aromatic rings. The minimum Gasteiger partial charge on any atom is -0.494 e. The first kappa shape index (κ1) is 17.7. The molecule has 0 fully saturated rings. The topological polar surface area (TPSA) is 59.6 Å². The van der Waals surface area contributed by atoms with Crippen molar-refractivity contribution in [1.82, 2.24) is 5.32 Å². The highest BCUT2D eigenvalue weighted by atomic mass is 16.5. The predicted octanol–water partition coefficient (Wildman–Crippen LogP) is 3.85. The molecule has 2 aromatic carbocycles. The van der Waals surface area contributed by atoms with Crippen LogP contribution in [0, 0.1) is 0 Å². The molecule has 0 saturated carbocycles. The number of nitrogens with one attached hydrogen (secondary N) is 2. The number of rotatable bonds is 8. The summed E-state index contributed by atoms with van der Waals surface area (Å²) in [6.45, 7) is 5.50. The minimum atomic E-state index is -0.241. The van der Waals surface area contributed by atoms with Crippen LogP contribution in [-0.4, -0.2) is 25.8 Å². The summed E-state index contributed by atoms with van der Waals surface area (Å²) in [6.07, 6.45) is 0.982. The largest absolute Gasteiger partial charge is 0.494 e. The predicted molar refractivity (Wildman–Crippen MR) is 95.9 cm³/mol. The molecule has 0 aliphatic carbocycles. The third-order valence-electron chi connectivity index (χ3n) is 3.41. The first-order chi connectivity index (χ1) is 11.7. The average molecular weight is 328 g/mol. The first-order valence-electron chi connectivity index (χ1n) is 8.20. The summed E-state index contributed by atoms with van der Waals surface area (Å²) in [6, 6.07) is 15.0. The second-order valence-corrected chi connectivity index (χ2v) is 5.18. The molecule has 0 radical (unpaired) electrons. The summed E-state index contributed by atoms with van der Waals surface area (Å²) in [4.78, 5) is 11.8. The molecule has 0 aromatic heterocycles. The first-order valence-corrected chi connectivity index (χ1v) is 8.20. The van der Waals surface area contributed by atoms with Crippen molar-refractivity contribution in [3.63, 3.8) is 0 Å². The standard InChI is InChI=1S/C19H24N2O3/c1-3-15-5-7-16(8-6-15)21-19(22)20-13-14-24-18-11-9-17(10-12-18)23-4-2/h5-12H,3-4,13-14H2,1-2H3,(H2,20,21,22). The number of ether oxygens (including phenoxy) is 2. The van der Waals surface area contributed by atoms with Crippen LogP contribution in [0.15, 0.2) is 48.5 Å². The Morgan fingerprint density at radius 2 is 1.54 bits per heavy atom. The van der Waals surface area contributed by atoms with Crippen molar-refractivity contribution < 1.29 is 14.3 Å². The van der Waals surface area contributed by atoms with E-state index in [4.69, 9.17) is 9.47 Å². The quantitative estimate of drug-likeness (QED) is 0.724. The van der Waals surface area contributed by atoms with E-state index >= 15 is 0 Å². The number of aryl methyl sites for hydroxylation is 1. The molecule has 128 valence electrons. The highest BCUT2D eigenvalue weighted by molar-refractivity contribution is 5.89. The number of anilines is 1. The fourth-order valence-electron chi connectivity index (χ4n) is 2.13. The van der Waals surface area contributed by atoms with Gasteiger partial charge in [-0.2, -0.15) is 0 Å². The Morgan fingerprint density at radius 3 is 2.12 bits per heavy atom. The number of amides is 2. The van der Waals surface area contributed by atoms with Crippen molar-refractivity contribution in [1.29, 1.82) is 0 Å². The Bertz CT molecular complexity index is 624. The Morgan fingerprint density at radius 1 is 0.917 bits per heavy atom. The van der Waals surface area contributed by atoms with Crippen LogP contribution in [0.1, 0.15) is 19.4 Å². The molecule has 5 nitrogen and oxygen atoms in total. The van der Waals surface area contributed by atoms with Gasteiger partial charge in [-0.05, 0) is 55.3 Å². The van der Waals surface area contributed by atoms with Crippen LogP contribution in [-0.2, 0) is 6.42 Å².